The van der Waals surface area contributed by atoms with Crippen LogP contribution in [0.1, 0.15) is 19.4 Å². The molecule has 1 aliphatic rings. The molecule has 0 saturated carbocycles. The molecule has 1 aromatic rings. The predicted octanol–water partition coefficient (Wildman–Crippen LogP) is 2.97. The van der Waals surface area contributed by atoms with Crippen molar-refractivity contribution in [1.29, 1.82) is 0 Å². The lowest BCUT2D eigenvalue weighted by atomic mass is 10.1. The molecule has 0 aliphatic carbocycles. The summed E-state index contributed by atoms with van der Waals surface area (Å²) in [5.74, 6) is 0. The van der Waals surface area contributed by atoms with Crippen LogP contribution in [0.2, 0.25) is 0 Å². The highest BCUT2D eigenvalue weighted by atomic mass is 79.9. The third-order valence-corrected chi connectivity index (χ3v) is 3.13. The molecule has 0 unspecified atom stereocenters. The highest BCUT2D eigenvalue weighted by Crippen LogP contribution is 2.31. The summed E-state index contributed by atoms with van der Waals surface area (Å²) in [5.41, 5.74) is 8.69. The number of benzene rings is 1. The van der Waals surface area contributed by atoms with Gasteiger partial charge < -0.3 is 10.6 Å². The van der Waals surface area contributed by atoms with Gasteiger partial charge in [0.1, 0.15) is 0 Å². The van der Waals surface area contributed by atoms with E-state index in [-0.39, 0.29) is 17.9 Å². The Morgan fingerprint density at radius 1 is 1.44 bits per heavy atom. The first-order chi connectivity index (χ1) is 6.96. The Kier molecular flexibility index (Phi) is 4.27. The monoisotopic (exact) mass is 304 g/mol. The van der Waals surface area contributed by atoms with Gasteiger partial charge >= 0.3 is 0 Å². The van der Waals surface area contributed by atoms with Crippen molar-refractivity contribution in [3.05, 3.63) is 28.2 Å². The number of rotatable bonds is 2. The first-order valence-electron chi connectivity index (χ1n) is 5.28. The zero-order valence-electron chi connectivity index (χ0n) is 9.66. The van der Waals surface area contributed by atoms with Crippen molar-refractivity contribution in [2.75, 3.05) is 18.0 Å². The van der Waals surface area contributed by atoms with Gasteiger partial charge in [-0.15, -0.1) is 12.4 Å². The van der Waals surface area contributed by atoms with Gasteiger partial charge in [0, 0.05) is 28.8 Å². The minimum absolute atomic E-state index is 0. The zero-order valence-corrected chi connectivity index (χ0v) is 12.1. The topological polar surface area (TPSA) is 29.3 Å². The van der Waals surface area contributed by atoms with Crippen LogP contribution in [-0.4, -0.2) is 18.6 Å². The van der Waals surface area contributed by atoms with Crippen molar-refractivity contribution < 1.29 is 0 Å². The molecular formula is C12H18BrClN2. The van der Waals surface area contributed by atoms with Crippen molar-refractivity contribution in [1.82, 2.24) is 0 Å². The fourth-order valence-electron chi connectivity index (χ4n) is 2.07. The summed E-state index contributed by atoms with van der Waals surface area (Å²) in [6, 6.07) is 6.49. The smallest absolute Gasteiger partial charge is 0.0411 e. The normalized spacial score (nSPS) is 14.6. The summed E-state index contributed by atoms with van der Waals surface area (Å²) in [6.07, 6.45) is 1.14. The molecule has 0 saturated heterocycles. The van der Waals surface area contributed by atoms with Gasteiger partial charge in [0.05, 0.1) is 0 Å². The number of nitrogens with zero attached hydrogens (tertiary/aromatic N) is 1. The van der Waals surface area contributed by atoms with E-state index in [1.165, 1.54) is 11.3 Å². The molecular weight excluding hydrogens is 288 g/mol. The third-order valence-electron chi connectivity index (χ3n) is 2.64. The van der Waals surface area contributed by atoms with Crippen molar-refractivity contribution in [3.8, 4) is 0 Å². The molecule has 16 heavy (non-hydrogen) atoms. The lowest BCUT2D eigenvalue weighted by molar-refractivity contribution is 0.511. The number of halogens is 2. The Labute approximate surface area is 112 Å². The second kappa shape index (κ2) is 4.94. The van der Waals surface area contributed by atoms with Crippen LogP contribution in [-0.2, 0) is 6.42 Å². The summed E-state index contributed by atoms with van der Waals surface area (Å²) >= 11 is 3.51. The first-order valence-corrected chi connectivity index (χ1v) is 6.07. The average Bonchev–Trinajstić information content (AvgIpc) is 2.46. The average molecular weight is 306 g/mol. The lowest BCUT2D eigenvalue weighted by Gasteiger charge is -2.28. The van der Waals surface area contributed by atoms with Crippen LogP contribution in [0.3, 0.4) is 0 Å². The van der Waals surface area contributed by atoms with Gasteiger partial charge in [-0.1, -0.05) is 22.0 Å². The van der Waals surface area contributed by atoms with Gasteiger partial charge in [0.2, 0.25) is 0 Å². The van der Waals surface area contributed by atoms with E-state index in [1.807, 2.05) is 0 Å². The lowest BCUT2D eigenvalue weighted by Crippen LogP contribution is -2.44. The molecule has 90 valence electrons. The summed E-state index contributed by atoms with van der Waals surface area (Å²) in [4.78, 5) is 2.38. The van der Waals surface area contributed by atoms with Crippen molar-refractivity contribution in [2.45, 2.75) is 25.8 Å². The largest absolute Gasteiger partial charge is 0.369 e. The van der Waals surface area contributed by atoms with E-state index >= 15 is 0 Å². The van der Waals surface area contributed by atoms with Crippen molar-refractivity contribution in [3.63, 3.8) is 0 Å². The molecule has 1 aliphatic heterocycles. The fraction of sp³-hybridized carbons (Fsp3) is 0.500. The molecule has 0 atom stereocenters. The van der Waals surface area contributed by atoms with E-state index in [0.717, 1.165) is 24.0 Å². The van der Waals surface area contributed by atoms with E-state index in [0.29, 0.717) is 0 Å². The van der Waals surface area contributed by atoms with Crippen molar-refractivity contribution >= 4 is 34.0 Å². The fourth-order valence-corrected chi connectivity index (χ4v) is 2.42. The molecule has 0 radical (unpaired) electrons. The highest BCUT2D eigenvalue weighted by Gasteiger charge is 2.23. The molecule has 1 aromatic carbocycles. The molecule has 0 amide bonds. The number of hydrogen-bond donors (Lipinski definition) is 1. The summed E-state index contributed by atoms with van der Waals surface area (Å²) < 4.78 is 1.14. The first kappa shape index (κ1) is 13.8. The molecule has 2 rings (SSSR count). The van der Waals surface area contributed by atoms with E-state index in [2.05, 4.69) is 52.9 Å². The van der Waals surface area contributed by atoms with Crippen LogP contribution in [0, 0.1) is 0 Å². The van der Waals surface area contributed by atoms with Crippen LogP contribution in [0.4, 0.5) is 5.69 Å². The van der Waals surface area contributed by atoms with Gasteiger partial charge in [0.15, 0.2) is 0 Å². The van der Waals surface area contributed by atoms with Crippen LogP contribution in [0.15, 0.2) is 22.7 Å². The SMILES string of the molecule is CC(C)(N)CN1CCc2ccc(Br)cc21.Cl. The molecule has 0 aromatic heterocycles. The number of nitrogens with two attached hydrogens (primary N) is 1. The highest BCUT2D eigenvalue weighted by molar-refractivity contribution is 9.10. The third kappa shape index (κ3) is 3.12. The Bertz CT molecular complexity index is 374. The molecule has 0 bridgehead atoms. The number of fused-ring (bicyclic) bond motifs is 1. The Hall–Kier alpha value is -0.250. The summed E-state index contributed by atoms with van der Waals surface area (Å²) in [7, 11) is 0. The maximum Gasteiger partial charge on any atom is 0.0411 e. The van der Waals surface area contributed by atoms with Crippen LogP contribution in [0.5, 0.6) is 0 Å². The van der Waals surface area contributed by atoms with Gasteiger partial charge in [0.25, 0.3) is 0 Å². The zero-order chi connectivity index (χ0) is 11.1. The van der Waals surface area contributed by atoms with Gasteiger partial charge in [-0.2, -0.15) is 0 Å². The Morgan fingerprint density at radius 3 is 2.75 bits per heavy atom. The van der Waals surface area contributed by atoms with Crippen LogP contribution < -0.4 is 10.6 Å². The van der Waals surface area contributed by atoms with E-state index < -0.39 is 0 Å². The maximum atomic E-state index is 6.06. The van der Waals surface area contributed by atoms with Gasteiger partial charge in [-0.25, -0.2) is 0 Å². The molecule has 0 spiro atoms. The number of hydrogen-bond acceptors (Lipinski definition) is 2. The Morgan fingerprint density at radius 2 is 2.12 bits per heavy atom. The second-order valence-corrected chi connectivity index (χ2v) is 5.85. The molecule has 1 heterocycles. The molecule has 0 fully saturated rings. The predicted molar refractivity (Wildman–Crippen MR) is 75.6 cm³/mol. The molecule has 2 N–H and O–H groups in total. The molecule has 2 nitrogen and oxygen atoms in total. The summed E-state index contributed by atoms with van der Waals surface area (Å²) in [5, 5.41) is 0. The number of anilines is 1. The van der Waals surface area contributed by atoms with E-state index in [1.54, 1.807) is 0 Å². The van der Waals surface area contributed by atoms with E-state index in [9.17, 15) is 0 Å². The van der Waals surface area contributed by atoms with Crippen LogP contribution >= 0.6 is 28.3 Å². The van der Waals surface area contributed by atoms with E-state index in [4.69, 9.17) is 5.73 Å². The van der Waals surface area contributed by atoms with Crippen LogP contribution in [0.25, 0.3) is 0 Å². The Balaban J connectivity index is 0.00000128. The minimum atomic E-state index is -0.135. The maximum absolute atomic E-state index is 6.06. The molecule has 4 heteroatoms. The summed E-state index contributed by atoms with van der Waals surface area (Å²) in [6.45, 7) is 6.15. The standard InChI is InChI=1S/C12H17BrN2.ClH/c1-12(2,14)8-15-6-5-9-3-4-10(13)7-11(9)15;/h3-4,7H,5-6,8,14H2,1-2H3;1H. The van der Waals surface area contributed by atoms with Crippen molar-refractivity contribution in [2.24, 2.45) is 5.73 Å². The second-order valence-electron chi connectivity index (χ2n) is 4.93. The van der Waals surface area contributed by atoms with Gasteiger partial charge in [-0.05, 0) is 38.0 Å². The quantitative estimate of drug-likeness (QED) is 0.910. The van der Waals surface area contributed by atoms with Gasteiger partial charge in [-0.3, -0.25) is 0 Å². The minimum Gasteiger partial charge on any atom is -0.369 e.